The Labute approximate surface area is 117 Å². The molecule has 0 spiro atoms. The van der Waals surface area contributed by atoms with Crippen LogP contribution in [-0.4, -0.2) is 23.0 Å². The quantitative estimate of drug-likeness (QED) is 0.816. The van der Waals surface area contributed by atoms with Gasteiger partial charge in [-0.2, -0.15) is 0 Å². The average molecular weight is 282 g/mol. The number of benzene rings is 1. The Morgan fingerprint density at radius 2 is 2.00 bits per heavy atom. The monoisotopic (exact) mass is 281 g/mol. The summed E-state index contributed by atoms with van der Waals surface area (Å²) in [7, 11) is 0. The molecule has 0 saturated heterocycles. The Morgan fingerprint density at radius 3 is 2.53 bits per heavy atom. The number of halogens is 1. The van der Waals surface area contributed by atoms with Crippen molar-refractivity contribution in [1.82, 2.24) is 5.32 Å². The van der Waals surface area contributed by atoms with Crippen molar-refractivity contribution in [3.8, 4) is 0 Å². The lowest BCUT2D eigenvalue weighted by Gasteiger charge is -2.13. The van der Waals surface area contributed by atoms with Gasteiger partial charge >= 0.3 is 5.97 Å². The highest BCUT2D eigenvalue weighted by molar-refractivity contribution is 6.33. The summed E-state index contributed by atoms with van der Waals surface area (Å²) < 4.78 is 0. The third-order valence-corrected chi connectivity index (χ3v) is 2.81. The number of hydrogen-bond donors (Lipinski definition) is 2. The van der Waals surface area contributed by atoms with Crippen LogP contribution in [0, 0.1) is 0 Å². The lowest BCUT2D eigenvalue weighted by molar-refractivity contribution is -0.139. The zero-order chi connectivity index (χ0) is 14.4. The fraction of sp³-hybridized carbons (Fsp3) is 0.286. The molecule has 1 amide bonds. The molecule has 1 aromatic rings. The van der Waals surface area contributed by atoms with Gasteiger partial charge in [-0.25, -0.2) is 4.79 Å². The molecular weight excluding hydrogens is 266 g/mol. The molecule has 0 aliphatic carbocycles. The van der Waals surface area contributed by atoms with Gasteiger partial charge in [0.1, 0.15) is 6.04 Å². The van der Waals surface area contributed by atoms with E-state index in [1.165, 1.54) is 0 Å². The van der Waals surface area contributed by atoms with Gasteiger partial charge in [0.2, 0.25) is 0 Å². The number of aliphatic carboxylic acids is 1. The highest BCUT2D eigenvalue weighted by Gasteiger charge is 2.20. The predicted molar refractivity (Wildman–Crippen MR) is 74.4 cm³/mol. The summed E-state index contributed by atoms with van der Waals surface area (Å²) in [6.45, 7) is 3.74. The smallest absolute Gasteiger partial charge is 0.326 e. The molecule has 0 aliphatic rings. The first-order valence-corrected chi connectivity index (χ1v) is 6.21. The molecule has 2 N–H and O–H groups in total. The van der Waals surface area contributed by atoms with E-state index in [4.69, 9.17) is 16.7 Å². The number of carboxylic acid groups (broad SMARTS) is 1. The van der Waals surface area contributed by atoms with Crippen molar-refractivity contribution in [2.75, 3.05) is 0 Å². The Kier molecular flexibility index (Phi) is 5.57. The normalized spacial score (nSPS) is 11.5. The predicted octanol–water partition coefficient (Wildman–Crippen LogP) is 2.88. The minimum absolute atomic E-state index is 0.244. The van der Waals surface area contributed by atoms with Crippen LogP contribution < -0.4 is 5.32 Å². The van der Waals surface area contributed by atoms with E-state index in [0.717, 1.165) is 5.57 Å². The second-order valence-electron chi connectivity index (χ2n) is 4.36. The van der Waals surface area contributed by atoms with Crippen molar-refractivity contribution in [1.29, 1.82) is 0 Å². The van der Waals surface area contributed by atoms with Gasteiger partial charge in [-0.1, -0.05) is 35.4 Å². The van der Waals surface area contributed by atoms with Crippen LogP contribution in [0.15, 0.2) is 35.9 Å². The van der Waals surface area contributed by atoms with Crippen molar-refractivity contribution in [2.45, 2.75) is 26.3 Å². The van der Waals surface area contributed by atoms with Gasteiger partial charge in [-0.05, 0) is 32.4 Å². The molecule has 1 atom stereocenters. The third kappa shape index (κ3) is 4.75. The van der Waals surface area contributed by atoms with Crippen LogP contribution in [-0.2, 0) is 4.79 Å². The topological polar surface area (TPSA) is 66.4 Å². The molecule has 0 saturated carbocycles. The number of amides is 1. The number of carbonyl (C=O) groups is 2. The van der Waals surface area contributed by atoms with Crippen LogP contribution >= 0.6 is 11.6 Å². The highest BCUT2D eigenvalue weighted by atomic mass is 35.5. The van der Waals surface area contributed by atoms with Crippen molar-refractivity contribution < 1.29 is 14.7 Å². The molecule has 19 heavy (non-hydrogen) atoms. The van der Waals surface area contributed by atoms with E-state index in [0.29, 0.717) is 5.02 Å². The van der Waals surface area contributed by atoms with Gasteiger partial charge in [0, 0.05) is 0 Å². The Bertz CT molecular complexity index is 507. The van der Waals surface area contributed by atoms with E-state index in [2.05, 4.69) is 5.32 Å². The van der Waals surface area contributed by atoms with Crippen LogP contribution in [0.25, 0.3) is 0 Å². The largest absolute Gasteiger partial charge is 0.480 e. The summed E-state index contributed by atoms with van der Waals surface area (Å²) in [4.78, 5) is 23.0. The lowest BCUT2D eigenvalue weighted by Crippen LogP contribution is -2.40. The van der Waals surface area contributed by atoms with E-state index in [1.807, 2.05) is 13.8 Å². The minimum Gasteiger partial charge on any atom is -0.480 e. The second-order valence-corrected chi connectivity index (χ2v) is 4.77. The summed E-state index contributed by atoms with van der Waals surface area (Å²) >= 11 is 5.89. The first-order chi connectivity index (χ1) is 8.91. The first-order valence-electron chi connectivity index (χ1n) is 5.83. The molecule has 0 radical (unpaired) electrons. The Hall–Kier alpha value is -1.81. The van der Waals surface area contributed by atoms with Crippen molar-refractivity contribution in [3.63, 3.8) is 0 Å². The van der Waals surface area contributed by atoms with Gasteiger partial charge in [-0.3, -0.25) is 4.79 Å². The number of nitrogens with one attached hydrogen (secondary N) is 1. The summed E-state index contributed by atoms with van der Waals surface area (Å²) in [6, 6.07) is 5.56. The summed E-state index contributed by atoms with van der Waals surface area (Å²) in [5.74, 6) is -1.56. The highest BCUT2D eigenvalue weighted by Crippen LogP contribution is 2.15. The number of carboxylic acids is 1. The van der Waals surface area contributed by atoms with Crippen molar-refractivity contribution in [2.24, 2.45) is 0 Å². The molecule has 0 aromatic heterocycles. The first kappa shape index (κ1) is 15.2. The number of carbonyl (C=O) groups excluding carboxylic acids is 1. The molecule has 0 heterocycles. The second kappa shape index (κ2) is 6.95. The maximum Gasteiger partial charge on any atom is 0.326 e. The maximum atomic E-state index is 11.9. The molecule has 1 rings (SSSR count). The number of hydrogen-bond acceptors (Lipinski definition) is 2. The molecule has 5 heteroatoms. The van der Waals surface area contributed by atoms with E-state index >= 15 is 0 Å². The third-order valence-electron chi connectivity index (χ3n) is 2.48. The Morgan fingerprint density at radius 1 is 1.37 bits per heavy atom. The van der Waals surface area contributed by atoms with E-state index in [1.54, 1.807) is 30.3 Å². The van der Waals surface area contributed by atoms with Crippen LogP contribution in [0.1, 0.15) is 30.6 Å². The van der Waals surface area contributed by atoms with Crippen LogP contribution in [0.4, 0.5) is 0 Å². The van der Waals surface area contributed by atoms with Gasteiger partial charge < -0.3 is 10.4 Å². The average Bonchev–Trinajstić information content (AvgIpc) is 2.34. The van der Waals surface area contributed by atoms with E-state index < -0.39 is 17.9 Å². The van der Waals surface area contributed by atoms with Crippen LogP contribution in [0.3, 0.4) is 0 Å². The zero-order valence-electron chi connectivity index (χ0n) is 10.8. The lowest BCUT2D eigenvalue weighted by atomic mass is 10.1. The summed E-state index contributed by atoms with van der Waals surface area (Å²) in [6.07, 6.45) is 2.01. The van der Waals surface area contributed by atoms with Crippen molar-refractivity contribution in [3.05, 3.63) is 46.5 Å². The summed E-state index contributed by atoms with van der Waals surface area (Å²) in [5, 5.41) is 11.8. The van der Waals surface area contributed by atoms with E-state index in [-0.39, 0.29) is 12.0 Å². The van der Waals surface area contributed by atoms with Gasteiger partial charge in [0.15, 0.2) is 0 Å². The van der Waals surface area contributed by atoms with Crippen LogP contribution in [0.2, 0.25) is 5.02 Å². The molecule has 0 bridgehead atoms. The maximum absolute atomic E-state index is 11.9. The SMILES string of the molecule is CC(C)=CC[C@@H](NC(=O)c1ccccc1Cl)C(=O)O. The van der Waals surface area contributed by atoms with E-state index in [9.17, 15) is 9.59 Å². The fourth-order valence-electron chi connectivity index (χ4n) is 1.46. The van der Waals surface area contributed by atoms with Crippen LogP contribution in [0.5, 0.6) is 0 Å². The zero-order valence-corrected chi connectivity index (χ0v) is 11.6. The fourth-order valence-corrected chi connectivity index (χ4v) is 1.68. The number of allylic oxidation sites excluding steroid dienone is 1. The molecule has 0 fully saturated rings. The standard InChI is InChI=1S/C14H16ClNO3/c1-9(2)7-8-12(14(18)19)16-13(17)10-5-3-4-6-11(10)15/h3-7,12H,8H2,1-2H3,(H,16,17)(H,18,19)/t12-/m1/s1. The minimum atomic E-state index is -1.07. The van der Waals surface area contributed by atoms with Gasteiger partial charge in [0.25, 0.3) is 5.91 Å². The molecule has 102 valence electrons. The summed E-state index contributed by atoms with van der Waals surface area (Å²) in [5.41, 5.74) is 1.27. The molecule has 0 unspecified atom stereocenters. The van der Waals surface area contributed by atoms with Gasteiger partial charge in [0.05, 0.1) is 10.6 Å². The molecule has 0 aliphatic heterocycles. The van der Waals surface area contributed by atoms with Crippen molar-refractivity contribution >= 4 is 23.5 Å². The molecular formula is C14H16ClNO3. The number of rotatable bonds is 5. The van der Waals surface area contributed by atoms with Gasteiger partial charge in [-0.15, -0.1) is 0 Å². The Balaban J connectivity index is 2.80. The molecule has 1 aromatic carbocycles. The molecule has 4 nitrogen and oxygen atoms in total.